The van der Waals surface area contributed by atoms with Crippen molar-refractivity contribution in [1.29, 1.82) is 0 Å². The number of benzene rings is 1. The van der Waals surface area contributed by atoms with E-state index in [0.29, 0.717) is 18.2 Å². The van der Waals surface area contributed by atoms with Crippen LogP contribution in [0.25, 0.3) is 0 Å². The highest BCUT2D eigenvalue weighted by molar-refractivity contribution is 5.52. The Kier molecular flexibility index (Phi) is 5.94. The van der Waals surface area contributed by atoms with Gasteiger partial charge in [0, 0.05) is 0 Å². The van der Waals surface area contributed by atoms with E-state index in [1.807, 2.05) is 0 Å². The third-order valence-corrected chi connectivity index (χ3v) is 1.70. The summed E-state index contributed by atoms with van der Waals surface area (Å²) in [5.74, 6) is 0. The molecule has 0 aliphatic rings. The number of hydrazine groups is 1. The molecular weight excluding hydrogens is 282 g/mol. The lowest BCUT2D eigenvalue weighted by Crippen LogP contribution is -2.13. The standard InChI is InChI=1S/C6H3N3O6.CH4N2O2/c10-7(11)4-1-5(8(12)13)3-6(2-4)9(14)15;1-2-3(4)5/h1-3H;2H,1H3. The Bertz CT molecular complexity index is 479. The van der Waals surface area contributed by atoms with Gasteiger partial charge in [0.15, 0.2) is 5.03 Å². The molecule has 0 aromatic heterocycles. The fraction of sp³-hybridized carbons (Fsp3) is 0.143. The van der Waals surface area contributed by atoms with E-state index < -0.39 is 36.9 Å². The molecule has 1 N–H and O–H groups in total. The van der Waals surface area contributed by atoms with Crippen LogP contribution >= 0.6 is 0 Å². The minimum Gasteiger partial charge on any atom is -0.258 e. The van der Waals surface area contributed by atoms with Crippen LogP contribution in [0.2, 0.25) is 0 Å². The second-order valence-electron chi connectivity index (χ2n) is 2.96. The molecule has 0 saturated heterocycles. The van der Waals surface area contributed by atoms with Crippen molar-refractivity contribution in [2.75, 3.05) is 7.05 Å². The van der Waals surface area contributed by atoms with Gasteiger partial charge < -0.3 is 0 Å². The van der Waals surface area contributed by atoms with E-state index in [-0.39, 0.29) is 0 Å². The first-order chi connectivity index (χ1) is 9.18. The monoisotopic (exact) mass is 289 g/mol. The van der Waals surface area contributed by atoms with Crippen molar-refractivity contribution in [3.8, 4) is 0 Å². The molecule has 0 spiro atoms. The third kappa shape index (κ3) is 5.30. The summed E-state index contributed by atoms with van der Waals surface area (Å²) in [5, 5.41) is 39.4. The average molecular weight is 289 g/mol. The Morgan fingerprint density at radius 1 is 0.750 bits per heavy atom. The lowest BCUT2D eigenvalue weighted by Gasteiger charge is -1.93. The summed E-state index contributed by atoms with van der Waals surface area (Å²) in [5.41, 5.74) is -0.303. The lowest BCUT2D eigenvalue weighted by molar-refractivity contribution is -0.538. The van der Waals surface area contributed by atoms with Crippen molar-refractivity contribution in [1.82, 2.24) is 5.43 Å². The largest absolute Gasteiger partial charge is 0.283 e. The summed E-state index contributed by atoms with van der Waals surface area (Å²) in [6, 6.07) is 1.98. The average Bonchev–Trinajstić information content (AvgIpc) is 2.38. The van der Waals surface area contributed by atoms with Crippen LogP contribution in [-0.2, 0) is 0 Å². The Morgan fingerprint density at radius 3 is 1.05 bits per heavy atom. The molecule has 0 amide bonds. The van der Waals surface area contributed by atoms with Gasteiger partial charge in [0.2, 0.25) is 0 Å². The van der Waals surface area contributed by atoms with Crippen LogP contribution in [0.1, 0.15) is 0 Å². The van der Waals surface area contributed by atoms with Crippen LogP contribution in [0.3, 0.4) is 0 Å². The van der Waals surface area contributed by atoms with E-state index in [1.165, 1.54) is 7.05 Å². The van der Waals surface area contributed by atoms with E-state index >= 15 is 0 Å². The van der Waals surface area contributed by atoms with Gasteiger partial charge in [-0.05, 0) is 0 Å². The van der Waals surface area contributed by atoms with E-state index in [9.17, 15) is 30.3 Å². The molecular formula is C7H7N5O8. The van der Waals surface area contributed by atoms with Gasteiger partial charge in [0.1, 0.15) is 0 Å². The number of rotatable bonds is 4. The highest BCUT2D eigenvalue weighted by Crippen LogP contribution is 2.26. The third-order valence-electron chi connectivity index (χ3n) is 1.70. The van der Waals surface area contributed by atoms with Crippen molar-refractivity contribution in [3.63, 3.8) is 0 Å². The van der Waals surface area contributed by atoms with Crippen LogP contribution in [0, 0.1) is 40.5 Å². The molecule has 0 bridgehead atoms. The molecule has 108 valence electrons. The van der Waals surface area contributed by atoms with Gasteiger partial charge in [0.25, 0.3) is 17.1 Å². The molecule has 20 heavy (non-hydrogen) atoms. The summed E-state index contributed by atoms with van der Waals surface area (Å²) < 4.78 is 0. The van der Waals surface area contributed by atoms with Gasteiger partial charge in [-0.15, -0.1) is 5.43 Å². The van der Waals surface area contributed by atoms with E-state index in [2.05, 4.69) is 0 Å². The van der Waals surface area contributed by atoms with Crippen molar-refractivity contribution in [3.05, 3.63) is 58.7 Å². The molecule has 1 rings (SSSR count). The van der Waals surface area contributed by atoms with E-state index in [0.717, 1.165) is 0 Å². The molecule has 0 saturated carbocycles. The number of hydrogen-bond acceptors (Lipinski definition) is 8. The number of non-ortho nitro benzene ring substituents is 3. The minimum absolute atomic E-state index is 0.625. The van der Waals surface area contributed by atoms with Gasteiger partial charge >= 0.3 is 0 Å². The van der Waals surface area contributed by atoms with Gasteiger partial charge in [0.05, 0.1) is 40.0 Å². The van der Waals surface area contributed by atoms with Gasteiger partial charge in [-0.1, -0.05) is 0 Å². The Hall–Kier alpha value is -3.38. The van der Waals surface area contributed by atoms with Crippen molar-refractivity contribution >= 4 is 17.1 Å². The maximum absolute atomic E-state index is 10.3. The fourth-order valence-corrected chi connectivity index (χ4v) is 0.896. The van der Waals surface area contributed by atoms with Gasteiger partial charge in [-0.25, -0.2) is 10.1 Å². The van der Waals surface area contributed by atoms with Gasteiger partial charge in [-0.2, -0.15) is 0 Å². The molecule has 0 atom stereocenters. The van der Waals surface area contributed by atoms with Crippen LogP contribution in [0.5, 0.6) is 0 Å². The zero-order valence-electron chi connectivity index (χ0n) is 9.79. The molecule has 0 unspecified atom stereocenters. The normalized spacial score (nSPS) is 8.85. The maximum atomic E-state index is 10.3. The number of nitrogens with one attached hydrogen (secondary N) is 1. The molecule has 1 aromatic carbocycles. The minimum atomic E-state index is -0.931. The summed E-state index contributed by atoms with van der Waals surface area (Å²) >= 11 is 0. The summed E-state index contributed by atoms with van der Waals surface area (Å²) in [7, 11) is 1.25. The summed E-state index contributed by atoms with van der Waals surface area (Å²) in [6.45, 7) is 0. The lowest BCUT2D eigenvalue weighted by atomic mass is 10.2. The van der Waals surface area contributed by atoms with Crippen LogP contribution in [-0.4, -0.2) is 26.8 Å². The number of nitrogens with zero attached hydrogens (tertiary/aromatic N) is 4. The molecule has 0 fully saturated rings. The molecule has 0 radical (unpaired) electrons. The number of nitro benzene ring substituents is 3. The smallest absolute Gasteiger partial charge is 0.258 e. The highest BCUT2D eigenvalue weighted by Gasteiger charge is 2.21. The fourth-order valence-electron chi connectivity index (χ4n) is 0.896. The van der Waals surface area contributed by atoms with Crippen LogP contribution in [0.15, 0.2) is 18.2 Å². The predicted octanol–water partition coefficient (Wildman–Crippen LogP) is 0.809. The first-order valence-corrected chi connectivity index (χ1v) is 4.59. The zero-order chi connectivity index (χ0) is 15.9. The SMILES string of the molecule is CN[N+](=O)[O-].O=[N+]([O-])c1cc([N+](=O)[O-])cc([N+](=O)[O-])c1. The Balaban J connectivity index is 0.000000621. The van der Waals surface area contributed by atoms with Crippen molar-refractivity contribution < 1.29 is 19.8 Å². The van der Waals surface area contributed by atoms with E-state index in [1.54, 1.807) is 5.43 Å². The molecule has 0 heterocycles. The molecule has 0 aliphatic carbocycles. The van der Waals surface area contributed by atoms with Crippen LogP contribution < -0.4 is 5.43 Å². The molecule has 0 aliphatic heterocycles. The van der Waals surface area contributed by atoms with E-state index in [4.69, 9.17) is 10.1 Å². The predicted molar refractivity (Wildman–Crippen MR) is 62.5 cm³/mol. The molecule has 1 aromatic rings. The Morgan fingerprint density at radius 2 is 0.950 bits per heavy atom. The van der Waals surface area contributed by atoms with Crippen molar-refractivity contribution in [2.24, 2.45) is 0 Å². The van der Waals surface area contributed by atoms with Crippen LogP contribution in [0.4, 0.5) is 17.1 Å². The Labute approximate surface area is 109 Å². The van der Waals surface area contributed by atoms with Crippen molar-refractivity contribution in [2.45, 2.75) is 0 Å². The molecule has 13 nitrogen and oxygen atoms in total. The summed E-state index contributed by atoms with van der Waals surface area (Å²) in [6.07, 6.45) is 0. The van der Waals surface area contributed by atoms with Gasteiger partial charge in [-0.3, -0.25) is 30.3 Å². The second kappa shape index (κ2) is 7.14. The quantitative estimate of drug-likeness (QED) is 0.618. The highest BCUT2D eigenvalue weighted by atomic mass is 16.7. The first-order valence-electron chi connectivity index (χ1n) is 4.59. The zero-order valence-corrected chi connectivity index (χ0v) is 9.79. The first kappa shape index (κ1) is 16.6. The molecule has 13 heteroatoms. The topological polar surface area (TPSA) is 185 Å². The summed E-state index contributed by atoms with van der Waals surface area (Å²) in [4.78, 5) is 37.2. The maximum Gasteiger partial charge on any atom is 0.283 e. The number of nitro groups is 4. The second-order valence-corrected chi connectivity index (χ2v) is 2.96. The number of hydrogen-bond donors (Lipinski definition) is 1.